The van der Waals surface area contributed by atoms with E-state index in [-0.39, 0.29) is 25.6 Å². The molecule has 0 spiro atoms. The van der Waals surface area contributed by atoms with Gasteiger partial charge in [-0.2, -0.15) is 0 Å². The van der Waals surface area contributed by atoms with Crippen LogP contribution in [0.5, 0.6) is 0 Å². The second-order valence-corrected chi connectivity index (χ2v) is 6.81. The minimum absolute atomic E-state index is 0.263. The summed E-state index contributed by atoms with van der Waals surface area (Å²) >= 11 is 0. The minimum atomic E-state index is -3.61. The van der Waals surface area contributed by atoms with Crippen LogP contribution in [0.3, 0.4) is 0 Å². The van der Waals surface area contributed by atoms with Gasteiger partial charge in [-0.15, -0.1) is 0 Å². The van der Waals surface area contributed by atoms with Crippen LogP contribution in [-0.2, 0) is 13.3 Å². The van der Waals surface area contributed by atoms with Gasteiger partial charge >= 0.3 is 8.80 Å². The first kappa shape index (κ1) is 16.4. The highest BCUT2D eigenvalue weighted by molar-refractivity contribution is 6.65. The molecule has 2 unspecified atom stereocenters. The SMILES string of the molecule is CCO[Si](OCC)(OCC)C1(O)C=CC=C(O)C1O. The maximum absolute atomic E-state index is 10.8. The van der Waals surface area contributed by atoms with Gasteiger partial charge in [0.1, 0.15) is 11.9 Å². The van der Waals surface area contributed by atoms with Crippen molar-refractivity contribution in [2.75, 3.05) is 19.8 Å². The van der Waals surface area contributed by atoms with E-state index in [4.69, 9.17) is 13.3 Å². The van der Waals surface area contributed by atoms with Crippen molar-refractivity contribution in [1.82, 2.24) is 0 Å². The van der Waals surface area contributed by atoms with Gasteiger partial charge in [0.2, 0.25) is 0 Å². The fraction of sp³-hybridized carbons (Fsp3) is 0.667. The van der Waals surface area contributed by atoms with Crippen LogP contribution in [0.15, 0.2) is 24.0 Å². The fourth-order valence-corrected chi connectivity index (χ4v) is 4.88. The Morgan fingerprint density at radius 3 is 2.05 bits per heavy atom. The second kappa shape index (κ2) is 6.64. The summed E-state index contributed by atoms with van der Waals surface area (Å²) in [4.78, 5) is 0. The maximum atomic E-state index is 10.8. The largest absolute Gasteiger partial charge is 0.541 e. The third kappa shape index (κ3) is 2.91. The third-order valence-electron chi connectivity index (χ3n) is 2.81. The Kier molecular flexibility index (Phi) is 5.72. The Labute approximate surface area is 114 Å². The van der Waals surface area contributed by atoms with Gasteiger partial charge in [0.25, 0.3) is 0 Å². The summed E-state index contributed by atoms with van der Waals surface area (Å²) in [5.41, 5.74) is 0. The van der Waals surface area contributed by atoms with Crippen LogP contribution in [-0.4, -0.2) is 55.3 Å². The molecule has 0 aromatic heterocycles. The summed E-state index contributed by atoms with van der Waals surface area (Å²) in [5, 5.41) is 28.6. The number of rotatable bonds is 7. The number of aliphatic hydroxyl groups excluding tert-OH is 2. The molecule has 0 aromatic rings. The van der Waals surface area contributed by atoms with E-state index in [2.05, 4.69) is 0 Å². The van der Waals surface area contributed by atoms with E-state index >= 15 is 0 Å². The minimum Gasteiger partial charge on any atom is -0.509 e. The predicted molar refractivity (Wildman–Crippen MR) is 71.4 cm³/mol. The molecule has 0 bridgehead atoms. The molecule has 0 amide bonds. The zero-order valence-corrected chi connectivity index (χ0v) is 12.5. The maximum Gasteiger partial charge on any atom is 0.541 e. The van der Waals surface area contributed by atoms with Crippen molar-refractivity contribution in [1.29, 1.82) is 0 Å². The van der Waals surface area contributed by atoms with Crippen molar-refractivity contribution < 1.29 is 28.6 Å². The van der Waals surface area contributed by atoms with Crippen molar-refractivity contribution in [2.24, 2.45) is 0 Å². The van der Waals surface area contributed by atoms with E-state index in [0.717, 1.165) is 0 Å². The number of hydrogen-bond donors (Lipinski definition) is 3. The summed E-state index contributed by atoms with van der Waals surface area (Å²) in [6.07, 6.45) is 2.57. The predicted octanol–water partition coefficient (Wildman–Crippen LogP) is 0.678. The molecule has 2 atom stereocenters. The molecule has 7 heteroatoms. The number of allylic oxidation sites excluding steroid dienone is 2. The van der Waals surface area contributed by atoms with Crippen LogP contribution < -0.4 is 0 Å². The van der Waals surface area contributed by atoms with Crippen LogP contribution in [0.2, 0.25) is 0 Å². The lowest BCUT2D eigenvalue weighted by Gasteiger charge is -2.42. The summed E-state index contributed by atoms with van der Waals surface area (Å²) in [7, 11) is -3.61. The number of aliphatic hydroxyl groups is 3. The van der Waals surface area contributed by atoms with E-state index in [1.807, 2.05) is 0 Å². The van der Waals surface area contributed by atoms with Crippen molar-refractivity contribution in [3.63, 3.8) is 0 Å². The Hall–Kier alpha value is -0.703. The molecule has 0 heterocycles. The molecule has 110 valence electrons. The zero-order chi connectivity index (χ0) is 14.5. The van der Waals surface area contributed by atoms with Gasteiger partial charge in [0, 0.05) is 19.8 Å². The highest BCUT2D eigenvalue weighted by Gasteiger charge is 2.64. The lowest BCUT2D eigenvalue weighted by Crippen LogP contribution is -2.70. The first-order valence-corrected chi connectivity index (χ1v) is 8.10. The van der Waals surface area contributed by atoms with E-state index in [1.165, 1.54) is 18.2 Å². The topological polar surface area (TPSA) is 88.4 Å². The molecule has 1 rings (SSSR count). The van der Waals surface area contributed by atoms with Gasteiger partial charge < -0.3 is 28.6 Å². The van der Waals surface area contributed by atoms with Gasteiger partial charge in [0.05, 0.1) is 0 Å². The highest BCUT2D eigenvalue weighted by atomic mass is 28.4. The van der Waals surface area contributed by atoms with Gasteiger partial charge in [-0.05, 0) is 32.9 Å². The Morgan fingerprint density at radius 1 is 1.16 bits per heavy atom. The van der Waals surface area contributed by atoms with E-state index in [9.17, 15) is 15.3 Å². The average molecular weight is 290 g/mol. The summed E-state index contributed by atoms with van der Waals surface area (Å²) in [6.45, 7) is 6.03. The molecule has 0 radical (unpaired) electrons. The lowest BCUT2D eigenvalue weighted by atomic mass is 10.1. The molecular weight excluding hydrogens is 268 g/mol. The van der Waals surface area contributed by atoms with Crippen LogP contribution in [0.4, 0.5) is 0 Å². The van der Waals surface area contributed by atoms with Gasteiger partial charge in [0.15, 0.2) is 5.22 Å². The molecule has 1 aliphatic carbocycles. The van der Waals surface area contributed by atoms with E-state index < -0.39 is 20.1 Å². The molecule has 0 aliphatic heterocycles. The molecule has 0 saturated carbocycles. The van der Waals surface area contributed by atoms with Crippen molar-refractivity contribution >= 4 is 8.80 Å². The molecule has 3 N–H and O–H groups in total. The Morgan fingerprint density at radius 2 is 1.63 bits per heavy atom. The zero-order valence-electron chi connectivity index (χ0n) is 11.5. The molecule has 0 aromatic carbocycles. The molecule has 19 heavy (non-hydrogen) atoms. The van der Waals surface area contributed by atoms with E-state index in [1.54, 1.807) is 20.8 Å². The lowest BCUT2D eigenvalue weighted by molar-refractivity contribution is -0.0653. The molecular formula is C12H22O6Si. The van der Waals surface area contributed by atoms with Crippen molar-refractivity contribution in [3.8, 4) is 0 Å². The molecule has 6 nitrogen and oxygen atoms in total. The molecule has 0 saturated heterocycles. The standard InChI is InChI=1S/C12H22O6Si/c1-4-16-19(17-5-2,18-6-3)12(15)9-7-8-10(13)11(12)14/h7-9,11,13-15H,4-6H2,1-3H3. The molecule has 0 fully saturated rings. The van der Waals surface area contributed by atoms with Gasteiger partial charge in [-0.1, -0.05) is 6.08 Å². The van der Waals surface area contributed by atoms with Gasteiger partial charge in [-0.3, -0.25) is 0 Å². The highest BCUT2D eigenvalue weighted by Crippen LogP contribution is 2.34. The third-order valence-corrected chi connectivity index (χ3v) is 6.24. The normalized spacial score (nSPS) is 27.4. The van der Waals surface area contributed by atoms with Crippen molar-refractivity contribution in [3.05, 3.63) is 24.0 Å². The first-order chi connectivity index (χ1) is 8.97. The summed E-state index contributed by atoms with van der Waals surface area (Å²) in [6, 6.07) is 0. The van der Waals surface area contributed by atoms with Crippen LogP contribution in [0.25, 0.3) is 0 Å². The monoisotopic (exact) mass is 290 g/mol. The Balaban J connectivity index is 3.21. The fourth-order valence-electron chi connectivity index (χ4n) is 2.01. The average Bonchev–Trinajstić information content (AvgIpc) is 2.36. The van der Waals surface area contributed by atoms with E-state index in [0.29, 0.717) is 0 Å². The van der Waals surface area contributed by atoms with Crippen LogP contribution >= 0.6 is 0 Å². The quantitative estimate of drug-likeness (QED) is 0.598. The second-order valence-electron chi connectivity index (χ2n) is 4.03. The first-order valence-electron chi connectivity index (χ1n) is 6.38. The smallest absolute Gasteiger partial charge is 0.509 e. The van der Waals surface area contributed by atoms with Crippen molar-refractivity contribution in [2.45, 2.75) is 32.1 Å². The van der Waals surface area contributed by atoms with Crippen LogP contribution in [0.1, 0.15) is 20.8 Å². The number of hydrogen-bond acceptors (Lipinski definition) is 6. The van der Waals surface area contributed by atoms with Crippen LogP contribution in [0, 0.1) is 0 Å². The van der Waals surface area contributed by atoms with Gasteiger partial charge in [-0.25, -0.2) is 0 Å². The Bertz CT molecular complexity index is 339. The summed E-state index contributed by atoms with van der Waals surface area (Å²) in [5.74, 6) is -0.346. The summed E-state index contributed by atoms with van der Waals surface area (Å²) < 4.78 is 16.7. The molecule has 1 aliphatic rings.